The quantitative estimate of drug-likeness (QED) is 0.522. The Kier molecular flexibility index (Phi) is 5.92. The summed E-state index contributed by atoms with van der Waals surface area (Å²) in [5.74, 6) is -0.200. The molecule has 7 heteroatoms. The van der Waals surface area contributed by atoms with Crippen LogP contribution in [0.25, 0.3) is 22.9 Å². The minimum absolute atomic E-state index is 0.200. The molecule has 0 aliphatic carbocycles. The summed E-state index contributed by atoms with van der Waals surface area (Å²) in [6.45, 7) is 1.44. The fraction of sp³-hybridized carbons (Fsp3) is 0.0500. The lowest BCUT2D eigenvalue weighted by molar-refractivity contribution is -0.114. The summed E-state index contributed by atoms with van der Waals surface area (Å²) >= 11 is 13.2. The third-order valence-corrected chi connectivity index (χ3v) is 5.31. The molecule has 27 heavy (non-hydrogen) atoms. The molecular formula is C20H13Cl2N3OS. The van der Waals surface area contributed by atoms with E-state index >= 15 is 0 Å². The van der Waals surface area contributed by atoms with Crippen molar-refractivity contribution in [3.8, 4) is 17.3 Å². The van der Waals surface area contributed by atoms with Gasteiger partial charge in [0.2, 0.25) is 5.91 Å². The molecule has 0 fully saturated rings. The molecular weight excluding hydrogens is 401 g/mol. The van der Waals surface area contributed by atoms with E-state index in [1.165, 1.54) is 18.3 Å². The van der Waals surface area contributed by atoms with Gasteiger partial charge in [-0.25, -0.2) is 4.98 Å². The Balaban J connectivity index is 2.08. The van der Waals surface area contributed by atoms with Gasteiger partial charge in [-0.15, -0.1) is 0 Å². The number of thiazole rings is 1. The van der Waals surface area contributed by atoms with Crippen LogP contribution in [0, 0.1) is 11.3 Å². The SMILES string of the molecule is CC(=O)Nc1sc(/C(C#N)=C/c2ccc(Cl)c(Cl)c2)nc1-c1ccccc1. The van der Waals surface area contributed by atoms with Crippen molar-refractivity contribution in [2.24, 2.45) is 0 Å². The van der Waals surface area contributed by atoms with Gasteiger partial charge in [0, 0.05) is 12.5 Å². The molecule has 0 saturated carbocycles. The molecule has 0 aliphatic heterocycles. The third kappa shape index (κ3) is 4.55. The number of hydrogen-bond acceptors (Lipinski definition) is 4. The molecule has 0 radical (unpaired) electrons. The van der Waals surface area contributed by atoms with Crippen LogP contribution in [0.1, 0.15) is 17.5 Å². The first-order valence-electron chi connectivity index (χ1n) is 7.89. The molecule has 0 saturated heterocycles. The number of carbonyl (C=O) groups excluding carboxylic acids is 1. The topological polar surface area (TPSA) is 65.8 Å². The van der Waals surface area contributed by atoms with Crippen molar-refractivity contribution in [3.63, 3.8) is 0 Å². The molecule has 0 spiro atoms. The van der Waals surface area contributed by atoms with Crippen molar-refractivity contribution in [1.29, 1.82) is 5.26 Å². The molecule has 2 aromatic carbocycles. The van der Waals surface area contributed by atoms with Crippen molar-refractivity contribution >= 4 is 57.1 Å². The maximum atomic E-state index is 11.6. The van der Waals surface area contributed by atoms with Crippen LogP contribution >= 0.6 is 34.5 Å². The van der Waals surface area contributed by atoms with E-state index in [2.05, 4.69) is 16.4 Å². The number of benzene rings is 2. The van der Waals surface area contributed by atoms with Crippen LogP contribution < -0.4 is 5.32 Å². The summed E-state index contributed by atoms with van der Waals surface area (Å²) in [5, 5.41) is 14.4. The van der Waals surface area contributed by atoms with Gasteiger partial charge in [-0.2, -0.15) is 5.26 Å². The Morgan fingerprint density at radius 1 is 1.19 bits per heavy atom. The summed E-state index contributed by atoms with van der Waals surface area (Å²) in [6, 6.07) is 16.8. The summed E-state index contributed by atoms with van der Waals surface area (Å²) in [5.41, 5.74) is 2.59. The normalized spacial score (nSPS) is 11.1. The van der Waals surface area contributed by atoms with Crippen LogP contribution in [0.5, 0.6) is 0 Å². The molecule has 3 aromatic rings. The number of nitrogens with one attached hydrogen (secondary N) is 1. The second-order valence-corrected chi connectivity index (χ2v) is 7.40. The molecule has 1 N–H and O–H groups in total. The van der Waals surface area contributed by atoms with E-state index in [1.54, 1.807) is 24.3 Å². The van der Waals surface area contributed by atoms with E-state index in [4.69, 9.17) is 23.2 Å². The smallest absolute Gasteiger partial charge is 0.221 e. The average Bonchev–Trinajstić information content (AvgIpc) is 3.06. The Morgan fingerprint density at radius 3 is 2.56 bits per heavy atom. The van der Waals surface area contributed by atoms with Crippen molar-refractivity contribution < 1.29 is 4.79 Å². The number of nitrogens with zero attached hydrogens (tertiary/aromatic N) is 2. The van der Waals surface area contributed by atoms with Gasteiger partial charge in [0.05, 0.1) is 15.6 Å². The van der Waals surface area contributed by atoms with Crippen LogP contribution in [0.3, 0.4) is 0 Å². The highest BCUT2D eigenvalue weighted by Crippen LogP contribution is 2.36. The summed E-state index contributed by atoms with van der Waals surface area (Å²) in [6.07, 6.45) is 1.69. The summed E-state index contributed by atoms with van der Waals surface area (Å²) < 4.78 is 0. The van der Waals surface area contributed by atoms with Crippen LogP contribution in [-0.4, -0.2) is 10.9 Å². The molecule has 0 bridgehead atoms. The van der Waals surface area contributed by atoms with Crippen LogP contribution in [0.2, 0.25) is 10.0 Å². The largest absolute Gasteiger partial charge is 0.316 e. The molecule has 0 aliphatic rings. The Bertz CT molecular complexity index is 1070. The highest BCUT2D eigenvalue weighted by atomic mass is 35.5. The highest BCUT2D eigenvalue weighted by molar-refractivity contribution is 7.17. The Hall–Kier alpha value is -2.65. The fourth-order valence-electron chi connectivity index (χ4n) is 2.38. The standard InChI is InChI=1S/C20H13Cl2N3OS/c1-12(26)24-20-18(14-5-3-2-4-6-14)25-19(27-20)15(11-23)9-13-7-8-16(21)17(22)10-13/h2-10H,1H3,(H,24,26)/b15-9+. The summed E-state index contributed by atoms with van der Waals surface area (Å²) in [4.78, 5) is 16.2. The predicted octanol–water partition coefficient (Wildman–Crippen LogP) is 6.14. The van der Waals surface area contributed by atoms with Crippen molar-refractivity contribution in [2.45, 2.75) is 6.92 Å². The van der Waals surface area contributed by atoms with Gasteiger partial charge in [0.1, 0.15) is 21.8 Å². The van der Waals surface area contributed by atoms with Gasteiger partial charge < -0.3 is 5.32 Å². The predicted molar refractivity (Wildman–Crippen MR) is 112 cm³/mol. The lowest BCUT2D eigenvalue weighted by Gasteiger charge is -2.01. The van der Waals surface area contributed by atoms with Crippen LogP contribution in [0.4, 0.5) is 5.00 Å². The second-order valence-electron chi connectivity index (χ2n) is 5.59. The lowest BCUT2D eigenvalue weighted by atomic mass is 10.1. The Morgan fingerprint density at radius 2 is 1.93 bits per heavy atom. The van der Waals surface area contributed by atoms with Gasteiger partial charge in [0.25, 0.3) is 0 Å². The molecule has 3 rings (SSSR count). The van der Waals surface area contributed by atoms with Gasteiger partial charge in [-0.1, -0.05) is 70.9 Å². The van der Waals surface area contributed by atoms with Gasteiger partial charge in [-0.3, -0.25) is 4.79 Å². The van der Waals surface area contributed by atoms with E-state index in [1.807, 2.05) is 30.3 Å². The number of aromatic nitrogens is 1. The van der Waals surface area contributed by atoms with Crippen LogP contribution in [0.15, 0.2) is 48.5 Å². The number of halogens is 2. The molecule has 0 unspecified atom stereocenters. The number of anilines is 1. The van der Waals surface area contributed by atoms with E-state index in [0.717, 1.165) is 11.1 Å². The number of hydrogen-bond donors (Lipinski definition) is 1. The first-order chi connectivity index (χ1) is 13.0. The van der Waals surface area contributed by atoms with Gasteiger partial charge >= 0.3 is 0 Å². The Labute approximate surface area is 170 Å². The first kappa shape index (κ1) is 19.1. The molecule has 1 amide bonds. The van der Waals surface area contributed by atoms with Gasteiger partial charge in [0.15, 0.2) is 0 Å². The van der Waals surface area contributed by atoms with Crippen molar-refractivity contribution in [1.82, 2.24) is 4.98 Å². The van der Waals surface area contributed by atoms with E-state index in [0.29, 0.717) is 31.3 Å². The molecule has 1 heterocycles. The maximum absolute atomic E-state index is 11.6. The summed E-state index contributed by atoms with van der Waals surface area (Å²) in [7, 11) is 0. The zero-order valence-corrected chi connectivity index (χ0v) is 16.5. The highest BCUT2D eigenvalue weighted by Gasteiger charge is 2.17. The molecule has 0 atom stereocenters. The van der Waals surface area contributed by atoms with E-state index in [9.17, 15) is 10.1 Å². The zero-order chi connectivity index (χ0) is 19.4. The minimum atomic E-state index is -0.200. The second kappa shape index (κ2) is 8.36. The number of rotatable bonds is 4. The molecule has 134 valence electrons. The molecule has 1 aromatic heterocycles. The maximum Gasteiger partial charge on any atom is 0.221 e. The van der Waals surface area contributed by atoms with Crippen molar-refractivity contribution in [2.75, 3.05) is 5.32 Å². The first-order valence-corrected chi connectivity index (χ1v) is 9.46. The number of allylic oxidation sites excluding steroid dienone is 1. The van der Waals surface area contributed by atoms with E-state index < -0.39 is 0 Å². The monoisotopic (exact) mass is 413 g/mol. The minimum Gasteiger partial charge on any atom is -0.316 e. The molecule has 4 nitrogen and oxygen atoms in total. The third-order valence-electron chi connectivity index (χ3n) is 3.57. The van der Waals surface area contributed by atoms with Crippen LogP contribution in [-0.2, 0) is 4.79 Å². The van der Waals surface area contributed by atoms with E-state index in [-0.39, 0.29) is 5.91 Å². The number of carbonyl (C=O) groups is 1. The van der Waals surface area contributed by atoms with Crippen molar-refractivity contribution in [3.05, 3.63) is 69.1 Å². The average molecular weight is 414 g/mol. The number of nitriles is 1. The lowest BCUT2D eigenvalue weighted by Crippen LogP contribution is -2.05. The number of amides is 1. The fourth-order valence-corrected chi connectivity index (χ4v) is 3.69. The zero-order valence-electron chi connectivity index (χ0n) is 14.2. The van der Waals surface area contributed by atoms with Gasteiger partial charge in [-0.05, 0) is 23.8 Å².